The SMILES string of the molecule is C=C1C=CC(=N)N1c1ccccc1. The Bertz CT molecular complexity index is 358. The van der Waals surface area contributed by atoms with Crippen LogP contribution in [-0.4, -0.2) is 5.84 Å². The van der Waals surface area contributed by atoms with Gasteiger partial charge in [0, 0.05) is 11.4 Å². The van der Waals surface area contributed by atoms with Crippen LogP contribution in [0.4, 0.5) is 5.69 Å². The van der Waals surface area contributed by atoms with Crippen molar-refractivity contribution in [3.63, 3.8) is 0 Å². The first kappa shape index (κ1) is 7.80. The van der Waals surface area contributed by atoms with Crippen molar-refractivity contribution in [2.24, 2.45) is 0 Å². The Hall–Kier alpha value is -1.83. The van der Waals surface area contributed by atoms with Crippen LogP contribution in [0.2, 0.25) is 0 Å². The number of anilines is 1. The van der Waals surface area contributed by atoms with E-state index in [1.807, 2.05) is 36.4 Å². The normalized spacial score (nSPS) is 15.5. The average Bonchev–Trinajstić information content (AvgIpc) is 2.48. The zero-order chi connectivity index (χ0) is 9.26. The molecule has 13 heavy (non-hydrogen) atoms. The summed E-state index contributed by atoms with van der Waals surface area (Å²) in [5.74, 6) is 0.469. The fourth-order valence-corrected chi connectivity index (χ4v) is 1.36. The predicted molar refractivity (Wildman–Crippen MR) is 54.9 cm³/mol. The molecular weight excluding hydrogens is 160 g/mol. The lowest BCUT2D eigenvalue weighted by Crippen LogP contribution is -2.21. The minimum atomic E-state index is 0.469. The maximum Gasteiger partial charge on any atom is 0.129 e. The molecule has 0 spiro atoms. The molecule has 0 radical (unpaired) electrons. The number of hydrogen-bond acceptors (Lipinski definition) is 1. The molecule has 1 aromatic carbocycles. The average molecular weight is 170 g/mol. The lowest BCUT2D eigenvalue weighted by Gasteiger charge is -2.18. The van der Waals surface area contributed by atoms with E-state index in [1.165, 1.54) is 0 Å². The smallest absolute Gasteiger partial charge is 0.129 e. The van der Waals surface area contributed by atoms with Crippen LogP contribution in [0.25, 0.3) is 0 Å². The summed E-state index contributed by atoms with van der Waals surface area (Å²) in [5.41, 5.74) is 1.83. The number of para-hydroxylation sites is 1. The summed E-state index contributed by atoms with van der Waals surface area (Å²) in [6, 6.07) is 9.79. The van der Waals surface area contributed by atoms with Gasteiger partial charge < -0.3 is 0 Å². The third-order valence-corrected chi connectivity index (χ3v) is 1.98. The van der Waals surface area contributed by atoms with Gasteiger partial charge in [-0.25, -0.2) is 0 Å². The van der Waals surface area contributed by atoms with Crippen LogP contribution >= 0.6 is 0 Å². The number of nitrogens with zero attached hydrogens (tertiary/aromatic N) is 1. The number of rotatable bonds is 1. The fourth-order valence-electron chi connectivity index (χ4n) is 1.36. The summed E-state index contributed by atoms with van der Waals surface area (Å²) in [5, 5.41) is 7.65. The minimum Gasteiger partial charge on any atom is -0.296 e. The molecule has 2 nitrogen and oxygen atoms in total. The van der Waals surface area contributed by atoms with Crippen LogP contribution in [-0.2, 0) is 0 Å². The molecule has 64 valence electrons. The Kier molecular flexibility index (Phi) is 1.74. The molecule has 0 saturated heterocycles. The fraction of sp³-hybridized carbons (Fsp3) is 0. The van der Waals surface area contributed by atoms with E-state index in [4.69, 9.17) is 5.41 Å². The number of nitrogens with one attached hydrogen (secondary N) is 1. The highest BCUT2D eigenvalue weighted by Crippen LogP contribution is 2.22. The van der Waals surface area contributed by atoms with Gasteiger partial charge in [-0.3, -0.25) is 10.3 Å². The van der Waals surface area contributed by atoms with Gasteiger partial charge in [-0.05, 0) is 24.3 Å². The summed E-state index contributed by atoms with van der Waals surface area (Å²) in [6.45, 7) is 3.86. The second kappa shape index (κ2) is 2.90. The molecule has 0 aromatic heterocycles. The van der Waals surface area contributed by atoms with E-state index in [0.717, 1.165) is 11.4 Å². The molecule has 2 rings (SSSR count). The van der Waals surface area contributed by atoms with E-state index in [9.17, 15) is 0 Å². The molecule has 1 N–H and O–H groups in total. The van der Waals surface area contributed by atoms with Crippen LogP contribution in [0.5, 0.6) is 0 Å². The zero-order valence-corrected chi connectivity index (χ0v) is 7.20. The second-order valence-electron chi connectivity index (χ2n) is 2.88. The minimum absolute atomic E-state index is 0.469. The van der Waals surface area contributed by atoms with Crippen LogP contribution in [0.1, 0.15) is 0 Å². The predicted octanol–water partition coefficient (Wildman–Crippen LogP) is 2.55. The topological polar surface area (TPSA) is 27.1 Å². The molecular formula is C11H10N2. The summed E-state index contributed by atoms with van der Waals surface area (Å²) < 4.78 is 0. The van der Waals surface area contributed by atoms with Gasteiger partial charge in [-0.1, -0.05) is 24.8 Å². The molecule has 2 heteroatoms. The maximum absolute atomic E-state index is 7.65. The molecule has 0 saturated carbocycles. The van der Waals surface area contributed by atoms with Crippen LogP contribution < -0.4 is 4.90 Å². The Labute approximate surface area is 77.3 Å². The van der Waals surface area contributed by atoms with E-state index in [2.05, 4.69) is 6.58 Å². The molecule has 0 unspecified atom stereocenters. The first-order valence-electron chi connectivity index (χ1n) is 4.10. The third-order valence-electron chi connectivity index (χ3n) is 1.98. The van der Waals surface area contributed by atoms with Crippen molar-refractivity contribution in [2.45, 2.75) is 0 Å². The highest BCUT2D eigenvalue weighted by molar-refractivity contribution is 6.09. The van der Waals surface area contributed by atoms with Crippen LogP contribution in [0.3, 0.4) is 0 Å². The van der Waals surface area contributed by atoms with Crippen molar-refractivity contribution in [1.29, 1.82) is 5.41 Å². The molecule has 1 aliphatic rings. The lowest BCUT2D eigenvalue weighted by molar-refractivity contribution is 1.28. The van der Waals surface area contributed by atoms with Gasteiger partial charge in [0.2, 0.25) is 0 Å². The molecule has 0 amide bonds. The Morgan fingerprint density at radius 1 is 1.08 bits per heavy atom. The van der Waals surface area contributed by atoms with Crippen LogP contribution in [0, 0.1) is 5.41 Å². The molecule has 0 atom stereocenters. The van der Waals surface area contributed by atoms with E-state index >= 15 is 0 Å². The highest BCUT2D eigenvalue weighted by Gasteiger charge is 2.16. The van der Waals surface area contributed by atoms with Gasteiger partial charge >= 0.3 is 0 Å². The summed E-state index contributed by atoms with van der Waals surface area (Å²) >= 11 is 0. The van der Waals surface area contributed by atoms with E-state index in [0.29, 0.717) is 5.84 Å². The molecule has 0 fully saturated rings. The van der Waals surface area contributed by atoms with Crippen molar-refractivity contribution in [2.75, 3.05) is 4.90 Å². The molecule has 0 aliphatic carbocycles. The Morgan fingerprint density at radius 3 is 2.31 bits per heavy atom. The zero-order valence-electron chi connectivity index (χ0n) is 7.20. The van der Waals surface area contributed by atoms with Gasteiger partial charge in [-0.2, -0.15) is 0 Å². The summed E-state index contributed by atoms with van der Waals surface area (Å²) in [7, 11) is 0. The van der Waals surface area contributed by atoms with Gasteiger partial charge in [0.05, 0.1) is 0 Å². The van der Waals surface area contributed by atoms with Gasteiger partial charge in [0.1, 0.15) is 5.84 Å². The Morgan fingerprint density at radius 2 is 1.77 bits per heavy atom. The standard InChI is InChI=1S/C11H10N2/c1-9-7-8-11(12)13(9)10-5-3-2-4-6-10/h2-8,12H,1H2. The third kappa shape index (κ3) is 1.26. The van der Waals surface area contributed by atoms with Crippen molar-refractivity contribution in [3.05, 3.63) is 54.8 Å². The monoisotopic (exact) mass is 170 g/mol. The highest BCUT2D eigenvalue weighted by atomic mass is 15.2. The summed E-state index contributed by atoms with van der Waals surface area (Å²) in [4.78, 5) is 1.81. The number of benzene rings is 1. The lowest BCUT2D eigenvalue weighted by atomic mass is 10.3. The molecule has 1 aliphatic heterocycles. The quantitative estimate of drug-likeness (QED) is 0.689. The number of amidine groups is 1. The Balaban J connectivity index is 2.38. The molecule has 1 aromatic rings. The second-order valence-corrected chi connectivity index (χ2v) is 2.88. The first-order chi connectivity index (χ1) is 6.29. The summed E-state index contributed by atoms with van der Waals surface area (Å²) in [6.07, 6.45) is 3.59. The van der Waals surface area contributed by atoms with Crippen LogP contribution in [0.15, 0.2) is 54.8 Å². The van der Waals surface area contributed by atoms with Crippen molar-refractivity contribution >= 4 is 11.5 Å². The number of hydrogen-bond donors (Lipinski definition) is 1. The largest absolute Gasteiger partial charge is 0.296 e. The maximum atomic E-state index is 7.65. The number of allylic oxidation sites excluding steroid dienone is 1. The molecule has 1 heterocycles. The van der Waals surface area contributed by atoms with E-state index < -0.39 is 0 Å². The van der Waals surface area contributed by atoms with Crippen molar-refractivity contribution < 1.29 is 0 Å². The van der Waals surface area contributed by atoms with Gasteiger partial charge in [0.15, 0.2) is 0 Å². The van der Waals surface area contributed by atoms with Gasteiger partial charge in [-0.15, -0.1) is 0 Å². The first-order valence-corrected chi connectivity index (χ1v) is 4.10. The van der Waals surface area contributed by atoms with E-state index in [1.54, 1.807) is 11.0 Å². The van der Waals surface area contributed by atoms with E-state index in [-0.39, 0.29) is 0 Å². The molecule has 0 bridgehead atoms. The van der Waals surface area contributed by atoms with Crippen molar-refractivity contribution in [1.82, 2.24) is 0 Å². The van der Waals surface area contributed by atoms with Crippen molar-refractivity contribution in [3.8, 4) is 0 Å². The van der Waals surface area contributed by atoms with Gasteiger partial charge in [0.25, 0.3) is 0 Å².